The predicted octanol–water partition coefficient (Wildman–Crippen LogP) is 3.28. The summed E-state index contributed by atoms with van der Waals surface area (Å²) in [5, 5.41) is 7.91. The van der Waals surface area contributed by atoms with Crippen LogP contribution in [-0.2, 0) is 13.0 Å². The first-order valence-electron chi connectivity index (χ1n) is 7.71. The maximum Gasteiger partial charge on any atom is 0.138 e. The Hall–Kier alpha value is -0.900. The molecule has 0 aliphatic carbocycles. The third-order valence-corrected chi connectivity index (χ3v) is 3.33. The largest absolute Gasteiger partial charge is 0.312 e. The van der Waals surface area contributed by atoms with Crippen molar-refractivity contribution < 1.29 is 0 Å². The Morgan fingerprint density at radius 3 is 2.40 bits per heavy atom. The molecule has 0 fully saturated rings. The highest BCUT2D eigenvalue weighted by atomic mass is 15.3. The van der Waals surface area contributed by atoms with Crippen LogP contribution in [0.1, 0.15) is 60.7 Å². The van der Waals surface area contributed by atoms with Crippen molar-refractivity contribution in [1.29, 1.82) is 0 Å². The quantitative estimate of drug-likeness (QED) is 0.833. The van der Waals surface area contributed by atoms with Gasteiger partial charge < -0.3 is 5.32 Å². The summed E-state index contributed by atoms with van der Waals surface area (Å²) in [5.74, 6) is 1.71. The van der Waals surface area contributed by atoms with E-state index in [0.717, 1.165) is 31.8 Å². The van der Waals surface area contributed by atoms with Gasteiger partial charge in [0.15, 0.2) is 0 Å². The van der Waals surface area contributed by atoms with Crippen LogP contribution < -0.4 is 5.32 Å². The lowest BCUT2D eigenvalue weighted by Gasteiger charge is -2.28. The van der Waals surface area contributed by atoms with Crippen molar-refractivity contribution in [2.24, 2.45) is 11.3 Å². The van der Waals surface area contributed by atoms with Gasteiger partial charge in [0.1, 0.15) is 12.2 Å². The first-order valence-corrected chi connectivity index (χ1v) is 7.71. The second-order valence-electron chi connectivity index (χ2n) is 8.02. The fraction of sp³-hybridized carbons (Fsp3) is 0.875. The second-order valence-corrected chi connectivity index (χ2v) is 8.02. The molecule has 0 atom stereocenters. The van der Waals surface area contributed by atoms with Gasteiger partial charge in [-0.05, 0) is 45.1 Å². The monoisotopic (exact) mass is 280 g/mol. The molecule has 0 saturated carbocycles. The fourth-order valence-corrected chi connectivity index (χ4v) is 2.22. The van der Waals surface area contributed by atoms with E-state index in [9.17, 15) is 0 Å². The minimum absolute atomic E-state index is 0.188. The first kappa shape index (κ1) is 17.2. The number of rotatable bonds is 7. The van der Waals surface area contributed by atoms with E-state index in [-0.39, 0.29) is 11.0 Å². The van der Waals surface area contributed by atoms with Gasteiger partial charge in [-0.1, -0.05) is 27.7 Å². The van der Waals surface area contributed by atoms with E-state index in [2.05, 4.69) is 68.5 Å². The highest BCUT2D eigenvalue weighted by molar-refractivity contribution is 4.91. The Balaban J connectivity index is 2.55. The van der Waals surface area contributed by atoms with Crippen molar-refractivity contribution in [2.75, 3.05) is 6.54 Å². The van der Waals surface area contributed by atoms with Crippen LogP contribution in [0.3, 0.4) is 0 Å². The van der Waals surface area contributed by atoms with Crippen molar-refractivity contribution >= 4 is 0 Å². The summed E-state index contributed by atoms with van der Waals surface area (Å²) in [7, 11) is 0. The molecule has 4 nitrogen and oxygen atoms in total. The number of hydrogen-bond donors (Lipinski definition) is 1. The number of nitrogens with one attached hydrogen (secondary N) is 1. The van der Waals surface area contributed by atoms with E-state index in [1.54, 1.807) is 6.33 Å². The predicted molar refractivity (Wildman–Crippen MR) is 84.7 cm³/mol. The molecule has 0 aliphatic heterocycles. The molecular weight excluding hydrogens is 248 g/mol. The van der Waals surface area contributed by atoms with Gasteiger partial charge in [-0.25, -0.2) is 9.67 Å². The summed E-state index contributed by atoms with van der Waals surface area (Å²) in [6.45, 7) is 17.7. The zero-order valence-electron chi connectivity index (χ0n) is 14.3. The summed E-state index contributed by atoms with van der Waals surface area (Å²) < 4.78 is 2.06. The first-order chi connectivity index (χ1) is 9.09. The number of hydrogen-bond acceptors (Lipinski definition) is 3. The lowest BCUT2D eigenvalue weighted by molar-refractivity contribution is 0.290. The van der Waals surface area contributed by atoms with Crippen LogP contribution in [0.15, 0.2) is 6.33 Å². The summed E-state index contributed by atoms with van der Waals surface area (Å²) in [6.07, 6.45) is 3.80. The minimum Gasteiger partial charge on any atom is -0.312 e. The molecule has 0 aliphatic rings. The second kappa shape index (κ2) is 6.70. The molecule has 20 heavy (non-hydrogen) atoms. The highest BCUT2D eigenvalue weighted by Crippen LogP contribution is 2.25. The summed E-state index contributed by atoms with van der Waals surface area (Å²) in [4.78, 5) is 4.44. The molecule has 4 heteroatoms. The van der Waals surface area contributed by atoms with Gasteiger partial charge in [-0.15, -0.1) is 0 Å². The van der Waals surface area contributed by atoms with Crippen LogP contribution in [0.25, 0.3) is 0 Å². The summed E-state index contributed by atoms with van der Waals surface area (Å²) in [6, 6.07) is 0. The Bertz CT molecular complexity index is 399. The van der Waals surface area contributed by atoms with E-state index >= 15 is 0 Å². The van der Waals surface area contributed by atoms with Crippen LogP contribution in [0, 0.1) is 11.3 Å². The molecule has 0 saturated heterocycles. The van der Waals surface area contributed by atoms with E-state index < -0.39 is 0 Å². The summed E-state index contributed by atoms with van der Waals surface area (Å²) in [5.41, 5.74) is 0.424. The third-order valence-electron chi connectivity index (χ3n) is 3.33. The Morgan fingerprint density at radius 2 is 1.85 bits per heavy atom. The molecule has 1 heterocycles. The molecule has 116 valence electrons. The SMILES string of the molecule is CC(C)Cn1ncnc1CC(C)(C)CCNC(C)(C)C. The molecule has 0 spiro atoms. The van der Waals surface area contributed by atoms with Gasteiger partial charge in [-0.3, -0.25) is 0 Å². The molecule has 0 amide bonds. The minimum atomic E-state index is 0.188. The lowest BCUT2D eigenvalue weighted by Crippen LogP contribution is -2.38. The number of nitrogens with zero attached hydrogens (tertiary/aromatic N) is 3. The van der Waals surface area contributed by atoms with E-state index in [4.69, 9.17) is 0 Å². The maximum atomic E-state index is 4.44. The van der Waals surface area contributed by atoms with Crippen molar-refractivity contribution in [3.05, 3.63) is 12.2 Å². The van der Waals surface area contributed by atoms with Crippen LogP contribution in [-0.4, -0.2) is 26.8 Å². The van der Waals surface area contributed by atoms with Gasteiger partial charge in [0.25, 0.3) is 0 Å². The van der Waals surface area contributed by atoms with E-state index in [1.165, 1.54) is 0 Å². The average molecular weight is 280 g/mol. The molecule has 1 aromatic heterocycles. The Kier molecular flexibility index (Phi) is 5.75. The molecular formula is C16H32N4. The van der Waals surface area contributed by atoms with Gasteiger partial charge in [0.05, 0.1) is 0 Å². The van der Waals surface area contributed by atoms with Crippen LogP contribution in [0.4, 0.5) is 0 Å². The lowest BCUT2D eigenvalue weighted by atomic mass is 9.85. The molecule has 0 bridgehead atoms. The van der Waals surface area contributed by atoms with Crippen molar-refractivity contribution in [3.63, 3.8) is 0 Å². The van der Waals surface area contributed by atoms with Crippen LogP contribution in [0.5, 0.6) is 0 Å². The topological polar surface area (TPSA) is 42.7 Å². The Labute approximate surface area is 124 Å². The average Bonchev–Trinajstić information content (AvgIpc) is 2.61. The molecule has 1 rings (SSSR count). The molecule has 0 aromatic carbocycles. The fourth-order valence-electron chi connectivity index (χ4n) is 2.22. The zero-order chi connectivity index (χ0) is 15.4. The van der Waals surface area contributed by atoms with Gasteiger partial charge in [0.2, 0.25) is 0 Å². The molecule has 0 unspecified atom stereocenters. The van der Waals surface area contributed by atoms with Crippen molar-refractivity contribution in [2.45, 2.75) is 73.4 Å². The Morgan fingerprint density at radius 1 is 1.20 bits per heavy atom. The van der Waals surface area contributed by atoms with Crippen LogP contribution >= 0.6 is 0 Å². The highest BCUT2D eigenvalue weighted by Gasteiger charge is 2.22. The van der Waals surface area contributed by atoms with Crippen molar-refractivity contribution in [3.8, 4) is 0 Å². The standard InChI is InChI=1S/C16H32N4/c1-13(2)11-20-14(17-12-19-20)10-16(6,7)8-9-18-15(3,4)5/h12-13,18H,8-11H2,1-7H3. The van der Waals surface area contributed by atoms with Crippen LogP contribution in [0.2, 0.25) is 0 Å². The summed E-state index contributed by atoms with van der Waals surface area (Å²) >= 11 is 0. The maximum absolute atomic E-state index is 4.44. The van der Waals surface area contributed by atoms with E-state index in [0.29, 0.717) is 5.92 Å². The third kappa shape index (κ3) is 6.51. The normalized spacial score (nSPS) is 13.2. The molecule has 0 radical (unpaired) electrons. The molecule has 1 N–H and O–H groups in total. The van der Waals surface area contributed by atoms with Gasteiger partial charge in [-0.2, -0.15) is 5.10 Å². The number of aromatic nitrogens is 3. The zero-order valence-corrected chi connectivity index (χ0v) is 14.3. The van der Waals surface area contributed by atoms with Gasteiger partial charge >= 0.3 is 0 Å². The van der Waals surface area contributed by atoms with E-state index in [1.807, 2.05) is 0 Å². The smallest absolute Gasteiger partial charge is 0.138 e. The molecule has 1 aromatic rings. The van der Waals surface area contributed by atoms with Crippen molar-refractivity contribution in [1.82, 2.24) is 20.1 Å². The van der Waals surface area contributed by atoms with Gasteiger partial charge in [0, 0.05) is 18.5 Å².